The highest BCUT2D eigenvalue weighted by Gasteiger charge is 2.53. The first-order valence-electron chi connectivity index (χ1n) is 7.73. The van der Waals surface area contributed by atoms with Gasteiger partial charge in [0, 0.05) is 0 Å². The van der Waals surface area contributed by atoms with Gasteiger partial charge in [0.2, 0.25) is 0 Å². The van der Waals surface area contributed by atoms with Crippen molar-refractivity contribution in [3.8, 4) is 0 Å². The summed E-state index contributed by atoms with van der Waals surface area (Å²) in [6, 6.07) is 0. The lowest BCUT2D eigenvalue weighted by Crippen LogP contribution is -2.51. The highest BCUT2D eigenvalue weighted by atomic mass is 14.6. The van der Waals surface area contributed by atoms with E-state index >= 15 is 0 Å². The fraction of sp³-hybridized carbons (Fsp3) is 1.00. The smallest absolute Gasteiger partial charge is 0.00771 e. The van der Waals surface area contributed by atoms with Crippen LogP contribution in [0.1, 0.15) is 72.6 Å². The van der Waals surface area contributed by atoms with E-state index in [0.717, 1.165) is 25.9 Å². The van der Waals surface area contributed by atoms with Gasteiger partial charge in [-0.1, -0.05) is 34.1 Å². The highest BCUT2D eigenvalue weighted by Crippen LogP contribution is 2.63. The van der Waals surface area contributed by atoms with Crippen molar-refractivity contribution in [2.45, 2.75) is 72.6 Å². The second kappa shape index (κ2) is 5.92. The molecular formula is C16H34N2. The van der Waals surface area contributed by atoms with Crippen molar-refractivity contribution in [3.63, 3.8) is 0 Å². The maximum Gasteiger partial charge on any atom is -0.00771 e. The summed E-state index contributed by atoms with van der Waals surface area (Å²) in [5.41, 5.74) is 12.8. The molecule has 0 bridgehead atoms. The van der Waals surface area contributed by atoms with Crippen LogP contribution < -0.4 is 11.5 Å². The van der Waals surface area contributed by atoms with E-state index in [1.54, 1.807) is 0 Å². The van der Waals surface area contributed by atoms with Crippen LogP contribution in [0.25, 0.3) is 0 Å². The molecule has 1 aliphatic rings. The van der Waals surface area contributed by atoms with Gasteiger partial charge >= 0.3 is 0 Å². The molecule has 1 saturated carbocycles. The van der Waals surface area contributed by atoms with Crippen LogP contribution in [0.3, 0.4) is 0 Å². The zero-order valence-corrected chi connectivity index (χ0v) is 13.0. The lowest BCUT2D eigenvalue weighted by molar-refractivity contribution is -0.0986. The summed E-state index contributed by atoms with van der Waals surface area (Å²) in [6.45, 7) is 11.5. The van der Waals surface area contributed by atoms with Crippen molar-refractivity contribution in [3.05, 3.63) is 0 Å². The summed E-state index contributed by atoms with van der Waals surface area (Å²) in [7, 11) is 0. The number of hydrogen-bond donors (Lipinski definition) is 2. The minimum atomic E-state index is 0.378. The van der Waals surface area contributed by atoms with E-state index in [9.17, 15) is 0 Å². The monoisotopic (exact) mass is 254 g/mol. The second-order valence-electron chi connectivity index (χ2n) is 7.43. The van der Waals surface area contributed by atoms with Crippen molar-refractivity contribution < 1.29 is 0 Å². The molecule has 0 spiro atoms. The Kier molecular flexibility index (Phi) is 5.25. The molecule has 0 heterocycles. The van der Waals surface area contributed by atoms with E-state index in [-0.39, 0.29) is 0 Å². The Hall–Kier alpha value is -0.0800. The zero-order chi connectivity index (χ0) is 13.9. The minimum absolute atomic E-state index is 0.378. The lowest BCUT2D eigenvalue weighted by Gasteiger charge is -2.60. The molecule has 0 aromatic rings. The third-order valence-corrected chi connectivity index (χ3v) is 6.19. The average Bonchev–Trinajstić information content (AvgIpc) is 2.30. The molecular weight excluding hydrogens is 220 g/mol. The van der Waals surface area contributed by atoms with Gasteiger partial charge < -0.3 is 11.5 Å². The average molecular weight is 254 g/mol. The van der Waals surface area contributed by atoms with E-state index in [1.165, 1.54) is 32.1 Å². The highest BCUT2D eigenvalue weighted by molar-refractivity contribution is 5.03. The van der Waals surface area contributed by atoms with Gasteiger partial charge in [0.25, 0.3) is 0 Å². The van der Waals surface area contributed by atoms with Crippen molar-refractivity contribution >= 4 is 0 Å². The molecule has 0 radical (unpaired) electrons. The lowest BCUT2D eigenvalue weighted by atomic mass is 9.45. The van der Waals surface area contributed by atoms with Crippen LogP contribution in [-0.2, 0) is 0 Å². The maximum atomic E-state index is 5.76. The molecule has 4 N–H and O–H groups in total. The predicted molar refractivity (Wildman–Crippen MR) is 80.4 cm³/mol. The fourth-order valence-electron chi connectivity index (χ4n) is 4.09. The van der Waals surface area contributed by atoms with Crippen LogP contribution in [0.2, 0.25) is 0 Å². The summed E-state index contributed by atoms with van der Waals surface area (Å²) in [5, 5.41) is 0. The molecule has 2 nitrogen and oxygen atoms in total. The van der Waals surface area contributed by atoms with Crippen LogP contribution in [0.4, 0.5) is 0 Å². The zero-order valence-electron chi connectivity index (χ0n) is 13.0. The first-order valence-corrected chi connectivity index (χ1v) is 7.73. The normalized spacial score (nSPS) is 25.0. The van der Waals surface area contributed by atoms with Crippen LogP contribution in [0, 0.1) is 16.2 Å². The van der Waals surface area contributed by atoms with Gasteiger partial charge in [-0.25, -0.2) is 0 Å². The Bertz CT molecular complexity index is 248. The van der Waals surface area contributed by atoms with Gasteiger partial charge in [-0.2, -0.15) is 0 Å². The van der Waals surface area contributed by atoms with E-state index in [2.05, 4.69) is 27.7 Å². The van der Waals surface area contributed by atoms with Crippen LogP contribution in [0.5, 0.6) is 0 Å². The largest absolute Gasteiger partial charge is 0.330 e. The molecule has 0 aliphatic heterocycles. The Labute approximate surface area is 114 Å². The second-order valence-corrected chi connectivity index (χ2v) is 7.43. The van der Waals surface area contributed by atoms with Gasteiger partial charge in [0.05, 0.1) is 0 Å². The molecule has 0 atom stereocenters. The SMILES string of the molecule is CC1(C)CCCC(CCCN)(CCCN)C1(C)C. The molecule has 0 saturated heterocycles. The van der Waals surface area contributed by atoms with E-state index in [1.807, 2.05) is 0 Å². The predicted octanol–water partition coefficient (Wildman–Crippen LogP) is 3.69. The molecule has 0 aromatic carbocycles. The topological polar surface area (TPSA) is 52.0 Å². The summed E-state index contributed by atoms with van der Waals surface area (Å²) in [5.74, 6) is 0. The van der Waals surface area contributed by atoms with E-state index in [4.69, 9.17) is 11.5 Å². The molecule has 0 amide bonds. The molecule has 1 fully saturated rings. The number of hydrogen-bond acceptors (Lipinski definition) is 2. The first kappa shape index (κ1) is 16.0. The van der Waals surface area contributed by atoms with Gasteiger partial charge in [0.1, 0.15) is 0 Å². The Morgan fingerprint density at radius 2 is 1.33 bits per heavy atom. The van der Waals surface area contributed by atoms with Crippen LogP contribution >= 0.6 is 0 Å². The molecule has 108 valence electrons. The minimum Gasteiger partial charge on any atom is -0.330 e. The van der Waals surface area contributed by atoms with Crippen molar-refractivity contribution in [2.24, 2.45) is 27.7 Å². The Morgan fingerprint density at radius 3 is 1.78 bits per heavy atom. The standard InChI is InChI=1S/C16H34N2/c1-14(2)8-5-9-16(10-6-12-17,11-7-13-18)15(14,3)4/h5-13,17-18H2,1-4H3. The number of rotatable bonds is 6. The van der Waals surface area contributed by atoms with Gasteiger partial charge in [0.15, 0.2) is 0 Å². The van der Waals surface area contributed by atoms with Crippen LogP contribution in [-0.4, -0.2) is 13.1 Å². The Morgan fingerprint density at radius 1 is 0.833 bits per heavy atom. The molecule has 18 heavy (non-hydrogen) atoms. The van der Waals surface area contributed by atoms with E-state index in [0.29, 0.717) is 16.2 Å². The molecule has 1 aliphatic carbocycles. The molecule has 0 aromatic heterocycles. The maximum absolute atomic E-state index is 5.76. The van der Waals surface area contributed by atoms with Gasteiger partial charge in [-0.3, -0.25) is 0 Å². The fourth-order valence-corrected chi connectivity index (χ4v) is 4.09. The summed E-state index contributed by atoms with van der Waals surface area (Å²) < 4.78 is 0. The summed E-state index contributed by atoms with van der Waals surface area (Å²) >= 11 is 0. The summed E-state index contributed by atoms with van der Waals surface area (Å²) in [6.07, 6.45) is 8.95. The van der Waals surface area contributed by atoms with Gasteiger partial charge in [-0.05, 0) is 67.9 Å². The van der Waals surface area contributed by atoms with Gasteiger partial charge in [-0.15, -0.1) is 0 Å². The van der Waals surface area contributed by atoms with Crippen LogP contribution in [0.15, 0.2) is 0 Å². The molecule has 1 rings (SSSR count). The summed E-state index contributed by atoms with van der Waals surface area (Å²) in [4.78, 5) is 0. The first-order chi connectivity index (χ1) is 8.33. The molecule has 0 unspecified atom stereocenters. The number of nitrogens with two attached hydrogens (primary N) is 2. The third kappa shape index (κ3) is 2.75. The quantitative estimate of drug-likeness (QED) is 0.759. The third-order valence-electron chi connectivity index (χ3n) is 6.19. The molecule has 2 heteroatoms. The Balaban J connectivity index is 2.97. The van der Waals surface area contributed by atoms with Crippen molar-refractivity contribution in [1.82, 2.24) is 0 Å². The van der Waals surface area contributed by atoms with Crippen molar-refractivity contribution in [2.75, 3.05) is 13.1 Å². The van der Waals surface area contributed by atoms with Crippen molar-refractivity contribution in [1.29, 1.82) is 0 Å². The van der Waals surface area contributed by atoms with E-state index < -0.39 is 0 Å².